The zero-order chi connectivity index (χ0) is 12.1. The van der Waals surface area contributed by atoms with Crippen molar-refractivity contribution in [3.63, 3.8) is 0 Å². The highest BCUT2D eigenvalue weighted by Gasteiger charge is 2.17. The van der Waals surface area contributed by atoms with E-state index >= 15 is 0 Å². The van der Waals surface area contributed by atoms with Crippen molar-refractivity contribution in [3.05, 3.63) is 21.9 Å². The molecule has 0 saturated heterocycles. The van der Waals surface area contributed by atoms with Crippen LogP contribution in [0.5, 0.6) is 11.5 Å². The molecule has 1 aromatic carbocycles. The average molecular weight is 288 g/mol. The summed E-state index contributed by atoms with van der Waals surface area (Å²) in [5.41, 5.74) is 0.647. The summed E-state index contributed by atoms with van der Waals surface area (Å²) in [7, 11) is 2.88. The molecule has 0 heterocycles. The molecule has 0 aliphatic carbocycles. The van der Waals surface area contributed by atoms with Crippen LogP contribution in [0.25, 0.3) is 0 Å². The van der Waals surface area contributed by atoms with Gasteiger partial charge in [-0.1, -0.05) is 0 Å². The number of benzene rings is 1. The van der Waals surface area contributed by atoms with Crippen LogP contribution in [-0.2, 0) is 6.42 Å². The van der Waals surface area contributed by atoms with E-state index in [0.717, 1.165) is 0 Å². The van der Waals surface area contributed by atoms with E-state index in [1.54, 1.807) is 0 Å². The predicted octanol–water partition coefficient (Wildman–Crippen LogP) is 3.06. The molecule has 0 bridgehead atoms. The van der Waals surface area contributed by atoms with Gasteiger partial charge in [-0.2, -0.15) is 5.26 Å². The molecule has 0 amide bonds. The predicted molar refractivity (Wildman–Crippen MR) is 61.1 cm³/mol. The SMILES string of the molecule is COc1c(F)cc(CCC#N)c(OC)c1Br. The third kappa shape index (κ3) is 2.45. The van der Waals surface area contributed by atoms with Crippen LogP contribution in [0, 0.1) is 17.1 Å². The molecule has 0 atom stereocenters. The number of halogens is 2. The lowest BCUT2D eigenvalue weighted by Gasteiger charge is -2.13. The molecule has 86 valence electrons. The third-order valence-corrected chi connectivity index (χ3v) is 2.84. The standard InChI is InChI=1S/C11H11BrFNO2/c1-15-10-7(4-3-5-14)6-8(13)11(16-2)9(10)12/h6H,3-4H2,1-2H3. The van der Waals surface area contributed by atoms with Crippen LogP contribution in [0.15, 0.2) is 10.5 Å². The molecule has 0 saturated carbocycles. The summed E-state index contributed by atoms with van der Waals surface area (Å²) in [4.78, 5) is 0. The first-order valence-corrected chi connectivity index (χ1v) is 5.40. The van der Waals surface area contributed by atoms with Crippen molar-refractivity contribution in [2.45, 2.75) is 12.8 Å². The van der Waals surface area contributed by atoms with Gasteiger partial charge in [-0.15, -0.1) is 0 Å². The van der Waals surface area contributed by atoms with E-state index in [9.17, 15) is 4.39 Å². The largest absolute Gasteiger partial charge is 0.495 e. The normalized spacial score (nSPS) is 9.69. The molecule has 0 spiro atoms. The summed E-state index contributed by atoms with van der Waals surface area (Å²) >= 11 is 3.22. The highest BCUT2D eigenvalue weighted by Crippen LogP contribution is 2.39. The highest BCUT2D eigenvalue weighted by molar-refractivity contribution is 9.10. The Balaban J connectivity index is 3.24. The molecular formula is C11H11BrFNO2. The van der Waals surface area contributed by atoms with Crippen molar-refractivity contribution in [2.75, 3.05) is 14.2 Å². The summed E-state index contributed by atoms with van der Waals surface area (Å²) in [5, 5.41) is 8.51. The second-order valence-electron chi connectivity index (χ2n) is 3.06. The minimum absolute atomic E-state index is 0.109. The minimum Gasteiger partial charge on any atom is -0.495 e. The summed E-state index contributed by atoms with van der Waals surface area (Å²) in [6, 6.07) is 3.34. The molecule has 0 aliphatic heterocycles. The number of ether oxygens (including phenoxy) is 2. The number of aryl methyl sites for hydroxylation is 1. The van der Waals surface area contributed by atoms with Gasteiger partial charge in [-0.3, -0.25) is 0 Å². The molecular weight excluding hydrogens is 277 g/mol. The van der Waals surface area contributed by atoms with E-state index in [-0.39, 0.29) is 5.75 Å². The minimum atomic E-state index is -0.469. The Labute approximate surface area is 102 Å². The van der Waals surface area contributed by atoms with E-state index in [1.165, 1.54) is 20.3 Å². The molecule has 0 radical (unpaired) electrons. The van der Waals surface area contributed by atoms with Crippen LogP contribution in [0.2, 0.25) is 0 Å². The second kappa shape index (κ2) is 5.71. The second-order valence-corrected chi connectivity index (χ2v) is 3.85. The number of rotatable bonds is 4. The fraction of sp³-hybridized carbons (Fsp3) is 0.364. The summed E-state index contributed by atoms with van der Waals surface area (Å²) in [6.07, 6.45) is 0.758. The highest BCUT2D eigenvalue weighted by atomic mass is 79.9. The number of nitrogens with zero attached hydrogens (tertiary/aromatic N) is 1. The van der Waals surface area contributed by atoms with E-state index in [0.29, 0.717) is 28.6 Å². The van der Waals surface area contributed by atoms with E-state index < -0.39 is 5.82 Å². The number of nitriles is 1. The smallest absolute Gasteiger partial charge is 0.172 e. The Hall–Kier alpha value is -1.28. The fourth-order valence-corrected chi connectivity index (χ4v) is 2.18. The Morgan fingerprint density at radius 2 is 2.00 bits per heavy atom. The summed E-state index contributed by atoms with van der Waals surface area (Å²) in [6.45, 7) is 0. The molecule has 0 aromatic heterocycles. The fourth-order valence-electron chi connectivity index (χ4n) is 1.42. The first-order chi connectivity index (χ1) is 7.65. The molecule has 16 heavy (non-hydrogen) atoms. The molecule has 0 unspecified atom stereocenters. The van der Waals surface area contributed by atoms with Crippen LogP contribution in [-0.4, -0.2) is 14.2 Å². The number of hydrogen-bond acceptors (Lipinski definition) is 3. The maximum Gasteiger partial charge on any atom is 0.172 e. The van der Waals surface area contributed by atoms with Crippen molar-refractivity contribution >= 4 is 15.9 Å². The lowest BCUT2D eigenvalue weighted by molar-refractivity contribution is 0.366. The molecule has 3 nitrogen and oxygen atoms in total. The van der Waals surface area contributed by atoms with E-state index in [2.05, 4.69) is 15.9 Å². The van der Waals surface area contributed by atoms with Gasteiger partial charge < -0.3 is 9.47 Å². The number of hydrogen-bond donors (Lipinski definition) is 0. The van der Waals surface area contributed by atoms with Crippen molar-refractivity contribution in [2.24, 2.45) is 0 Å². The van der Waals surface area contributed by atoms with Gasteiger partial charge in [0.25, 0.3) is 0 Å². The molecule has 1 rings (SSSR count). The van der Waals surface area contributed by atoms with Crippen LogP contribution in [0.1, 0.15) is 12.0 Å². The van der Waals surface area contributed by atoms with Gasteiger partial charge in [0.1, 0.15) is 10.2 Å². The van der Waals surface area contributed by atoms with Crippen molar-refractivity contribution in [3.8, 4) is 17.6 Å². The molecule has 5 heteroatoms. The maximum absolute atomic E-state index is 13.6. The quantitative estimate of drug-likeness (QED) is 0.855. The van der Waals surface area contributed by atoms with Gasteiger partial charge in [-0.05, 0) is 34.0 Å². The first-order valence-electron chi connectivity index (χ1n) is 4.61. The average Bonchev–Trinajstić information content (AvgIpc) is 2.26. The van der Waals surface area contributed by atoms with Crippen LogP contribution in [0.4, 0.5) is 4.39 Å². The Morgan fingerprint density at radius 1 is 1.38 bits per heavy atom. The van der Waals surface area contributed by atoms with Crippen molar-refractivity contribution in [1.82, 2.24) is 0 Å². The lowest BCUT2D eigenvalue weighted by Crippen LogP contribution is -1.98. The van der Waals surface area contributed by atoms with Gasteiger partial charge in [-0.25, -0.2) is 4.39 Å². The van der Waals surface area contributed by atoms with Crippen LogP contribution < -0.4 is 9.47 Å². The first kappa shape index (κ1) is 12.8. The summed E-state index contributed by atoms with van der Waals surface area (Å²) in [5.74, 6) is 0.147. The summed E-state index contributed by atoms with van der Waals surface area (Å²) < 4.78 is 24.1. The molecule has 0 fully saturated rings. The Bertz CT molecular complexity index is 429. The van der Waals surface area contributed by atoms with Crippen LogP contribution in [0.3, 0.4) is 0 Å². The van der Waals surface area contributed by atoms with Crippen LogP contribution >= 0.6 is 15.9 Å². The number of methoxy groups -OCH3 is 2. The molecule has 0 aliphatic rings. The van der Waals surface area contributed by atoms with Gasteiger partial charge in [0.2, 0.25) is 0 Å². The topological polar surface area (TPSA) is 42.2 Å². The van der Waals surface area contributed by atoms with E-state index in [1.807, 2.05) is 6.07 Å². The monoisotopic (exact) mass is 287 g/mol. The lowest BCUT2D eigenvalue weighted by atomic mass is 10.1. The van der Waals surface area contributed by atoms with Crippen molar-refractivity contribution < 1.29 is 13.9 Å². The third-order valence-electron chi connectivity index (χ3n) is 2.12. The Morgan fingerprint density at radius 3 is 2.50 bits per heavy atom. The van der Waals surface area contributed by atoms with Gasteiger partial charge in [0.15, 0.2) is 11.6 Å². The molecule has 1 aromatic rings. The van der Waals surface area contributed by atoms with Crippen molar-refractivity contribution in [1.29, 1.82) is 5.26 Å². The van der Waals surface area contributed by atoms with Gasteiger partial charge in [0.05, 0.1) is 20.3 Å². The zero-order valence-corrected chi connectivity index (χ0v) is 10.6. The van der Waals surface area contributed by atoms with Gasteiger partial charge in [0, 0.05) is 6.42 Å². The van der Waals surface area contributed by atoms with Gasteiger partial charge >= 0.3 is 0 Å². The van der Waals surface area contributed by atoms with E-state index in [4.69, 9.17) is 14.7 Å². The maximum atomic E-state index is 13.6. The zero-order valence-electron chi connectivity index (χ0n) is 9.01. The molecule has 0 N–H and O–H groups in total. The Kier molecular flexibility index (Phi) is 4.56.